The van der Waals surface area contributed by atoms with Crippen LogP contribution in [0.1, 0.15) is 57.2 Å². The Morgan fingerprint density at radius 2 is 2.11 bits per heavy atom. The summed E-state index contributed by atoms with van der Waals surface area (Å²) in [6.07, 6.45) is 6.04. The predicted octanol–water partition coefficient (Wildman–Crippen LogP) is 1.82. The quantitative estimate of drug-likeness (QED) is 0.868. The Bertz CT molecular complexity index is 369. The van der Waals surface area contributed by atoms with Crippen molar-refractivity contribution in [3.8, 4) is 0 Å². The van der Waals surface area contributed by atoms with Gasteiger partial charge in [0.2, 0.25) is 0 Å². The van der Waals surface area contributed by atoms with Gasteiger partial charge in [-0.3, -0.25) is 0 Å². The number of aryl methyl sites for hydroxylation is 1. The summed E-state index contributed by atoms with van der Waals surface area (Å²) >= 11 is 0. The second kappa shape index (κ2) is 6.29. The summed E-state index contributed by atoms with van der Waals surface area (Å²) in [5.74, 6) is 1.92. The number of aromatic nitrogens is 3. The van der Waals surface area contributed by atoms with Crippen molar-refractivity contribution in [3.05, 3.63) is 11.6 Å². The molecule has 1 aromatic heterocycles. The van der Waals surface area contributed by atoms with Crippen LogP contribution in [0.25, 0.3) is 0 Å². The van der Waals surface area contributed by atoms with Gasteiger partial charge in [0, 0.05) is 19.1 Å². The molecule has 102 valence electrons. The van der Waals surface area contributed by atoms with Crippen LogP contribution in [-0.2, 0) is 17.7 Å². The van der Waals surface area contributed by atoms with Crippen molar-refractivity contribution in [2.45, 2.75) is 64.6 Å². The van der Waals surface area contributed by atoms with Crippen LogP contribution in [0.2, 0.25) is 0 Å². The topological polar surface area (TPSA) is 66.0 Å². The molecule has 2 rings (SSSR count). The Balaban J connectivity index is 1.97. The minimum atomic E-state index is 0.362. The van der Waals surface area contributed by atoms with Crippen LogP contribution < -0.4 is 5.73 Å². The van der Waals surface area contributed by atoms with Gasteiger partial charge >= 0.3 is 0 Å². The van der Waals surface area contributed by atoms with E-state index in [1.54, 1.807) is 0 Å². The Morgan fingerprint density at radius 3 is 2.72 bits per heavy atom. The molecule has 2 heterocycles. The van der Waals surface area contributed by atoms with Crippen molar-refractivity contribution >= 4 is 0 Å². The number of nitrogens with zero attached hydrogens (tertiary/aromatic N) is 3. The molecule has 1 saturated heterocycles. The van der Waals surface area contributed by atoms with E-state index in [0.29, 0.717) is 18.7 Å². The van der Waals surface area contributed by atoms with Gasteiger partial charge in [0.1, 0.15) is 11.6 Å². The molecule has 5 heteroatoms. The SMILES string of the molecule is CC(C)n1c(CN)nnc1CCC1CCCCO1. The predicted molar refractivity (Wildman–Crippen MR) is 70.2 cm³/mol. The number of nitrogens with two attached hydrogens (primary N) is 1. The molecule has 0 aromatic carbocycles. The van der Waals surface area contributed by atoms with Gasteiger partial charge in [-0.05, 0) is 39.5 Å². The van der Waals surface area contributed by atoms with Gasteiger partial charge in [-0.15, -0.1) is 10.2 Å². The van der Waals surface area contributed by atoms with Gasteiger partial charge in [-0.2, -0.15) is 0 Å². The Labute approximate surface area is 109 Å². The molecule has 1 aliphatic rings. The van der Waals surface area contributed by atoms with E-state index in [0.717, 1.165) is 31.1 Å². The molecule has 0 saturated carbocycles. The van der Waals surface area contributed by atoms with E-state index in [2.05, 4.69) is 28.6 Å². The Morgan fingerprint density at radius 1 is 1.33 bits per heavy atom. The maximum Gasteiger partial charge on any atom is 0.147 e. The molecule has 1 unspecified atom stereocenters. The van der Waals surface area contributed by atoms with Crippen LogP contribution in [0.4, 0.5) is 0 Å². The molecule has 0 aliphatic carbocycles. The molecule has 0 spiro atoms. The first-order valence-corrected chi connectivity index (χ1v) is 6.96. The van der Waals surface area contributed by atoms with Crippen LogP contribution in [0.5, 0.6) is 0 Å². The lowest BCUT2D eigenvalue weighted by atomic mass is 10.0. The third-order valence-electron chi connectivity index (χ3n) is 3.50. The second-order valence-corrected chi connectivity index (χ2v) is 5.23. The first kappa shape index (κ1) is 13.5. The fraction of sp³-hybridized carbons (Fsp3) is 0.846. The van der Waals surface area contributed by atoms with Crippen molar-refractivity contribution in [2.24, 2.45) is 5.73 Å². The molecular formula is C13H24N4O. The smallest absolute Gasteiger partial charge is 0.147 e. The highest BCUT2D eigenvalue weighted by molar-refractivity contribution is 4.98. The van der Waals surface area contributed by atoms with Crippen molar-refractivity contribution < 1.29 is 4.74 Å². The third kappa shape index (κ3) is 3.09. The average Bonchev–Trinajstić information content (AvgIpc) is 2.80. The fourth-order valence-corrected chi connectivity index (χ4v) is 2.59. The summed E-state index contributed by atoms with van der Waals surface area (Å²) in [6, 6.07) is 0.362. The first-order valence-electron chi connectivity index (χ1n) is 6.96. The minimum Gasteiger partial charge on any atom is -0.378 e. The van der Waals surface area contributed by atoms with E-state index < -0.39 is 0 Å². The zero-order chi connectivity index (χ0) is 13.0. The number of rotatable bonds is 5. The van der Waals surface area contributed by atoms with E-state index in [1.807, 2.05) is 0 Å². The molecule has 1 aromatic rings. The van der Waals surface area contributed by atoms with Gasteiger partial charge in [0.15, 0.2) is 0 Å². The lowest BCUT2D eigenvalue weighted by Gasteiger charge is -2.22. The van der Waals surface area contributed by atoms with Crippen LogP contribution in [0.3, 0.4) is 0 Å². The minimum absolute atomic E-state index is 0.362. The summed E-state index contributed by atoms with van der Waals surface area (Å²) < 4.78 is 7.91. The van der Waals surface area contributed by atoms with Crippen molar-refractivity contribution in [3.63, 3.8) is 0 Å². The lowest BCUT2D eigenvalue weighted by molar-refractivity contribution is 0.0110. The van der Waals surface area contributed by atoms with Crippen molar-refractivity contribution in [1.29, 1.82) is 0 Å². The summed E-state index contributed by atoms with van der Waals surface area (Å²) in [4.78, 5) is 0. The molecule has 0 bridgehead atoms. The van der Waals surface area contributed by atoms with Crippen molar-refractivity contribution in [1.82, 2.24) is 14.8 Å². The first-order chi connectivity index (χ1) is 8.72. The summed E-state index contributed by atoms with van der Waals surface area (Å²) in [6.45, 7) is 5.65. The van der Waals surface area contributed by atoms with Gasteiger partial charge in [-0.1, -0.05) is 0 Å². The molecule has 0 radical (unpaired) electrons. The largest absolute Gasteiger partial charge is 0.378 e. The molecule has 5 nitrogen and oxygen atoms in total. The van der Waals surface area contributed by atoms with E-state index in [9.17, 15) is 0 Å². The van der Waals surface area contributed by atoms with E-state index in [4.69, 9.17) is 10.5 Å². The van der Waals surface area contributed by atoms with Crippen LogP contribution in [0.15, 0.2) is 0 Å². The van der Waals surface area contributed by atoms with Crippen LogP contribution >= 0.6 is 0 Å². The van der Waals surface area contributed by atoms with Gasteiger partial charge < -0.3 is 15.0 Å². The molecule has 1 atom stereocenters. The summed E-state index contributed by atoms with van der Waals surface area (Å²) in [5.41, 5.74) is 5.69. The van der Waals surface area contributed by atoms with Gasteiger partial charge in [0.25, 0.3) is 0 Å². The van der Waals surface area contributed by atoms with E-state index in [-0.39, 0.29) is 0 Å². The summed E-state index contributed by atoms with van der Waals surface area (Å²) in [7, 11) is 0. The molecule has 0 amide bonds. The van der Waals surface area contributed by atoms with Crippen molar-refractivity contribution in [2.75, 3.05) is 6.61 Å². The summed E-state index contributed by atoms with van der Waals surface area (Å²) in [5, 5.41) is 8.44. The van der Waals surface area contributed by atoms with Gasteiger partial charge in [0.05, 0.1) is 12.6 Å². The Hall–Kier alpha value is -0.940. The molecule has 18 heavy (non-hydrogen) atoms. The zero-order valence-electron chi connectivity index (χ0n) is 11.4. The zero-order valence-corrected chi connectivity index (χ0v) is 11.4. The number of ether oxygens (including phenoxy) is 1. The fourth-order valence-electron chi connectivity index (χ4n) is 2.59. The second-order valence-electron chi connectivity index (χ2n) is 5.23. The van der Waals surface area contributed by atoms with E-state index >= 15 is 0 Å². The average molecular weight is 252 g/mol. The molecule has 1 aliphatic heterocycles. The third-order valence-corrected chi connectivity index (χ3v) is 3.50. The van der Waals surface area contributed by atoms with Gasteiger partial charge in [-0.25, -0.2) is 0 Å². The monoisotopic (exact) mass is 252 g/mol. The highest BCUT2D eigenvalue weighted by Crippen LogP contribution is 2.19. The number of hydrogen-bond donors (Lipinski definition) is 1. The highest BCUT2D eigenvalue weighted by Gasteiger charge is 2.17. The maximum atomic E-state index is 5.75. The molecule has 1 fully saturated rings. The van der Waals surface area contributed by atoms with E-state index in [1.165, 1.54) is 19.3 Å². The lowest BCUT2D eigenvalue weighted by Crippen LogP contribution is -2.21. The molecular weight excluding hydrogens is 228 g/mol. The Kier molecular flexibility index (Phi) is 4.72. The maximum absolute atomic E-state index is 5.75. The van der Waals surface area contributed by atoms with Crippen LogP contribution in [-0.4, -0.2) is 27.5 Å². The standard InChI is InChI=1S/C13H24N4O/c1-10(2)17-12(15-16-13(17)9-14)7-6-11-5-3-4-8-18-11/h10-11H,3-9,14H2,1-2H3. The number of hydrogen-bond acceptors (Lipinski definition) is 4. The van der Waals surface area contributed by atoms with Crippen LogP contribution in [0, 0.1) is 0 Å². The molecule has 2 N–H and O–H groups in total. The highest BCUT2D eigenvalue weighted by atomic mass is 16.5. The normalized spacial score (nSPS) is 20.6.